The Hall–Kier alpha value is -3.46. The standard InChI is InChI=1S/C22H25F2N5O2/c1-27(2)11-4-12-31-21-8-6-16(14-17(21)19-9-10-26-28(19)3)29(22(25)30)20-7-5-15(23)13-18(20)24/h5-10,13-14H,4,11-12H2,1-3H3,(H2,25,30). The van der Waals surface area contributed by atoms with Crippen LogP contribution in [0.2, 0.25) is 0 Å². The average Bonchev–Trinajstić information content (AvgIpc) is 3.13. The van der Waals surface area contributed by atoms with Crippen LogP contribution >= 0.6 is 0 Å². The molecule has 0 unspecified atom stereocenters. The van der Waals surface area contributed by atoms with Crippen molar-refractivity contribution >= 4 is 17.4 Å². The first kappa shape index (κ1) is 22.2. The highest BCUT2D eigenvalue weighted by molar-refractivity contribution is 5.99. The summed E-state index contributed by atoms with van der Waals surface area (Å²) in [6.07, 6.45) is 2.47. The second-order valence-electron chi connectivity index (χ2n) is 7.30. The van der Waals surface area contributed by atoms with Gasteiger partial charge in [0.25, 0.3) is 0 Å². The second kappa shape index (κ2) is 9.57. The van der Waals surface area contributed by atoms with E-state index < -0.39 is 17.7 Å². The van der Waals surface area contributed by atoms with Gasteiger partial charge in [0.2, 0.25) is 0 Å². The Morgan fingerprint density at radius 1 is 1.16 bits per heavy atom. The Morgan fingerprint density at radius 2 is 1.94 bits per heavy atom. The van der Waals surface area contributed by atoms with Gasteiger partial charge >= 0.3 is 6.03 Å². The Balaban J connectivity index is 2.02. The number of halogens is 2. The Kier molecular flexibility index (Phi) is 6.86. The van der Waals surface area contributed by atoms with E-state index in [4.69, 9.17) is 10.5 Å². The van der Waals surface area contributed by atoms with Crippen LogP contribution in [0.3, 0.4) is 0 Å². The van der Waals surface area contributed by atoms with Gasteiger partial charge in [-0.25, -0.2) is 13.6 Å². The molecule has 164 valence electrons. The molecule has 2 amide bonds. The van der Waals surface area contributed by atoms with Crippen LogP contribution in [0.5, 0.6) is 5.75 Å². The number of amides is 2. The number of rotatable bonds is 8. The van der Waals surface area contributed by atoms with Gasteiger partial charge < -0.3 is 15.4 Å². The molecule has 0 saturated heterocycles. The number of hydrogen-bond acceptors (Lipinski definition) is 4. The number of carbonyl (C=O) groups excluding carboxylic acids is 1. The first-order valence-electron chi connectivity index (χ1n) is 9.72. The summed E-state index contributed by atoms with van der Waals surface area (Å²) in [4.78, 5) is 15.3. The van der Waals surface area contributed by atoms with Gasteiger partial charge in [0, 0.05) is 31.4 Å². The van der Waals surface area contributed by atoms with E-state index in [1.807, 2.05) is 14.1 Å². The van der Waals surface area contributed by atoms with E-state index in [0.717, 1.165) is 29.6 Å². The smallest absolute Gasteiger partial charge is 0.323 e. The number of nitrogens with two attached hydrogens (primary N) is 1. The maximum Gasteiger partial charge on any atom is 0.323 e. The summed E-state index contributed by atoms with van der Waals surface area (Å²) in [5, 5.41) is 4.19. The van der Waals surface area contributed by atoms with Crippen molar-refractivity contribution in [2.24, 2.45) is 12.8 Å². The minimum atomic E-state index is -0.902. The zero-order valence-electron chi connectivity index (χ0n) is 17.7. The molecule has 0 bridgehead atoms. The number of benzene rings is 2. The Labute approximate surface area is 179 Å². The molecule has 3 aromatic rings. The lowest BCUT2D eigenvalue weighted by atomic mass is 10.1. The molecule has 0 aliphatic carbocycles. The molecule has 31 heavy (non-hydrogen) atoms. The van der Waals surface area contributed by atoms with Gasteiger partial charge in [0.15, 0.2) is 0 Å². The number of carbonyl (C=O) groups is 1. The van der Waals surface area contributed by atoms with Crippen LogP contribution in [0.15, 0.2) is 48.7 Å². The first-order valence-corrected chi connectivity index (χ1v) is 9.72. The molecule has 0 aliphatic heterocycles. The fourth-order valence-electron chi connectivity index (χ4n) is 3.23. The van der Waals surface area contributed by atoms with Crippen LogP contribution in [-0.2, 0) is 7.05 Å². The van der Waals surface area contributed by atoms with E-state index in [0.29, 0.717) is 29.7 Å². The number of hydrogen-bond donors (Lipinski definition) is 1. The molecule has 1 heterocycles. The molecule has 0 fully saturated rings. The number of aryl methyl sites for hydroxylation is 1. The van der Waals surface area contributed by atoms with Crippen LogP contribution in [0.4, 0.5) is 25.0 Å². The van der Waals surface area contributed by atoms with E-state index in [2.05, 4.69) is 10.00 Å². The third-order valence-electron chi connectivity index (χ3n) is 4.70. The predicted octanol–water partition coefficient (Wildman–Crippen LogP) is 3.91. The molecule has 1 aromatic heterocycles. The monoisotopic (exact) mass is 429 g/mol. The van der Waals surface area contributed by atoms with Crippen molar-refractivity contribution in [3.63, 3.8) is 0 Å². The number of ether oxygens (including phenoxy) is 1. The number of urea groups is 1. The lowest BCUT2D eigenvalue weighted by molar-refractivity contribution is 0.256. The van der Waals surface area contributed by atoms with E-state index in [1.54, 1.807) is 42.2 Å². The lowest BCUT2D eigenvalue weighted by Gasteiger charge is -2.23. The SMILES string of the molecule is CN(C)CCCOc1ccc(N(C(N)=O)c2ccc(F)cc2F)cc1-c1ccnn1C. The van der Waals surface area contributed by atoms with Crippen molar-refractivity contribution in [3.8, 4) is 17.0 Å². The fourth-order valence-corrected chi connectivity index (χ4v) is 3.23. The highest BCUT2D eigenvalue weighted by atomic mass is 19.1. The molecule has 2 aromatic carbocycles. The van der Waals surface area contributed by atoms with Gasteiger partial charge in [0.1, 0.15) is 17.4 Å². The maximum absolute atomic E-state index is 14.4. The summed E-state index contributed by atoms with van der Waals surface area (Å²) in [6, 6.07) is 8.82. The van der Waals surface area contributed by atoms with E-state index in [-0.39, 0.29) is 5.69 Å². The van der Waals surface area contributed by atoms with Gasteiger partial charge in [-0.2, -0.15) is 5.10 Å². The van der Waals surface area contributed by atoms with E-state index >= 15 is 0 Å². The first-order chi connectivity index (χ1) is 14.8. The van der Waals surface area contributed by atoms with Crippen molar-refractivity contribution in [2.45, 2.75) is 6.42 Å². The van der Waals surface area contributed by atoms with Crippen molar-refractivity contribution in [2.75, 3.05) is 32.1 Å². The average molecular weight is 429 g/mol. The zero-order chi connectivity index (χ0) is 22.5. The number of nitrogens with zero attached hydrogens (tertiary/aromatic N) is 4. The summed E-state index contributed by atoms with van der Waals surface area (Å²) in [5.41, 5.74) is 7.12. The van der Waals surface area contributed by atoms with Gasteiger partial charge in [-0.15, -0.1) is 0 Å². The van der Waals surface area contributed by atoms with Crippen molar-refractivity contribution in [1.82, 2.24) is 14.7 Å². The molecule has 7 nitrogen and oxygen atoms in total. The van der Waals surface area contributed by atoms with Gasteiger partial charge in [-0.3, -0.25) is 9.58 Å². The van der Waals surface area contributed by atoms with Crippen LogP contribution in [0, 0.1) is 11.6 Å². The van der Waals surface area contributed by atoms with E-state index in [1.165, 1.54) is 6.07 Å². The second-order valence-corrected chi connectivity index (χ2v) is 7.30. The highest BCUT2D eigenvalue weighted by Crippen LogP contribution is 2.36. The van der Waals surface area contributed by atoms with Crippen molar-refractivity contribution in [1.29, 1.82) is 0 Å². The maximum atomic E-state index is 14.4. The molecule has 0 saturated carbocycles. The number of aromatic nitrogens is 2. The molecule has 0 aliphatic rings. The predicted molar refractivity (Wildman–Crippen MR) is 115 cm³/mol. The van der Waals surface area contributed by atoms with Gasteiger partial charge in [0.05, 0.1) is 23.7 Å². The quantitative estimate of drug-likeness (QED) is 0.551. The summed E-state index contributed by atoms with van der Waals surface area (Å²) in [5.74, 6) is -1.05. The van der Waals surface area contributed by atoms with Crippen molar-refractivity contribution < 1.29 is 18.3 Å². The summed E-state index contributed by atoms with van der Waals surface area (Å²) >= 11 is 0. The van der Waals surface area contributed by atoms with Gasteiger partial charge in [-0.05, 0) is 56.9 Å². The third-order valence-corrected chi connectivity index (χ3v) is 4.70. The number of anilines is 2. The van der Waals surface area contributed by atoms with Crippen LogP contribution in [0.1, 0.15) is 6.42 Å². The minimum Gasteiger partial charge on any atom is -0.493 e. The summed E-state index contributed by atoms with van der Waals surface area (Å²) < 4.78 is 35.4. The highest BCUT2D eigenvalue weighted by Gasteiger charge is 2.22. The molecule has 0 spiro atoms. The normalized spacial score (nSPS) is 11.0. The largest absolute Gasteiger partial charge is 0.493 e. The fraction of sp³-hybridized carbons (Fsp3) is 0.273. The van der Waals surface area contributed by atoms with Crippen LogP contribution in [-0.4, -0.2) is 48.0 Å². The molecule has 9 heteroatoms. The zero-order valence-corrected chi connectivity index (χ0v) is 17.7. The van der Waals surface area contributed by atoms with Crippen LogP contribution < -0.4 is 15.4 Å². The Morgan fingerprint density at radius 3 is 2.55 bits per heavy atom. The van der Waals surface area contributed by atoms with Crippen molar-refractivity contribution in [3.05, 3.63) is 60.3 Å². The Bertz CT molecular complexity index is 1070. The lowest BCUT2D eigenvalue weighted by Crippen LogP contribution is -2.32. The van der Waals surface area contributed by atoms with Crippen LogP contribution in [0.25, 0.3) is 11.3 Å². The molecular formula is C22H25F2N5O2. The molecule has 0 atom stereocenters. The molecular weight excluding hydrogens is 404 g/mol. The number of primary amides is 1. The minimum absolute atomic E-state index is 0.149. The molecule has 0 radical (unpaired) electrons. The summed E-state index contributed by atoms with van der Waals surface area (Å²) in [7, 11) is 5.76. The van der Waals surface area contributed by atoms with Gasteiger partial charge in [-0.1, -0.05) is 0 Å². The topological polar surface area (TPSA) is 76.6 Å². The van der Waals surface area contributed by atoms with E-state index in [9.17, 15) is 13.6 Å². The molecule has 2 N–H and O–H groups in total. The third kappa shape index (κ3) is 5.18. The molecule has 3 rings (SSSR count). The summed E-state index contributed by atoms with van der Waals surface area (Å²) in [6.45, 7) is 1.37.